The quantitative estimate of drug-likeness (QED) is 0.661. The summed E-state index contributed by atoms with van der Waals surface area (Å²) in [5, 5.41) is 3.01. The summed E-state index contributed by atoms with van der Waals surface area (Å²) in [4.78, 5) is 23.5. The number of carbonyl (C=O) groups is 2. The van der Waals surface area contributed by atoms with Crippen molar-refractivity contribution in [3.05, 3.63) is 35.9 Å². The van der Waals surface area contributed by atoms with Gasteiger partial charge in [0.2, 0.25) is 5.91 Å². The molecule has 0 aliphatic rings. The Balaban J connectivity index is 2.78. The van der Waals surface area contributed by atoms with Crippen LogP contribution in [0.2, 0.25) is 0 Å². The van der Waals surface area contributed by atoms with E-state index in [1.165, 1.54) is 0 Å². The summed E-state index contributed by atoms with van der Waals surface area (Å²) < 4.78 is 5.30. The second-order valence-electron chi connectivity index (χ2n) is 5.45. The van der Waals surface area contributed by atoms with Crippen molar-refractivity contribution >= 4 is 27.8 Å². The van der Waals surface area contributed by atoms with Gasteiger partial charge in [-0.3, -0.25) is 9.59 Å². The van der Waals surface area contributed by atoms with Crippen LogP contribution >= 0.6 is 15.9 Å². The average Bonchev–Trinajstić information content (AvgIpc) is 2.36. The minimum absolute atomic E-state index is 0.111. The first-order valence-corrected chi connectivity index (χ1v) is 7.56. The molecule has 0 saturated heterocycles. The number of halogens is 1. The normalized spacial score (nSPS) is 12.6. The van der Waals surface area contributed by atoms with Gasteiger partial charge in [0.1, 0.15) is 5.60 Å². The number of nitrogens with one attached hydrogen (secondary N) is 1. The maximum Gasteiger partial charge on any atom is 0.308 e. The topological polar surface area (TPSA) is 55.4 Å². The van der Waals surface area contributed by atoms with Crippen LogP contribution < -0.4 is 5.32 Å². The van der Waals surface area contributed by atoms with Crippen molar-refractivity contribution in [2.75, 3.05) is 5.33 Å². The molecule has 5 heteroatoms. The average molecular weight is 342 g/mol. The summed E-state index contributed by atoms with van der Waals surface area (Å²) >= 11 is 3.10. The van der Waals surface area contributed by atoms with Gasteiger partial charge in [0.15, 0.2) is 0 Å². The van der Waals surface area contributed by atoms with Gasteiger partial charge < -0.3 is 10.1 Å². The lowest BCUT2D eigenvalue weighted by Gasteiger charge is -2.23. The molecule has 1 aromatic carbocycles. The molecule has 0 aliphatic heterocycles. The van der Waals surface area contributed by atoms with E-state index in [1.807, 2.05) is 51.1 Å². The zero-order valence-corrected chi connectivity index (χ0v) is 13.6. The van der Waals surface area contributed by atoms with Crippen molar-refractivity contribution in [3.63, 3.8) is 0 Å². The van der Waals surface area contributed by atoms with E-state index < -0.39 is 5.60 Å². The van der Waals surface area contributed by atoms with E-state index in [-0.39, 0.29) is 29.7 Å². The summed E-state index contributed by atoms with van der Waals surface area (Å²) in [5.74, 6) is -0.497. The highest BCUT2D eigenvalue weighted by molar-refractivity contribution is 9.09. The predicted molar refractivity (Wildman–Crippen MR) is 81.6 cm³/mol. The van der Waals surface area contributed by atoms with Crippen LogP contribution in [-0.4, -0.2) is 22.8 Å². The fourth-order valence-corrected chi connectivity index (χ4v) is 1.88. The van der Waals surface area contributed by atoms with Crippen molar-refractivity contribution in [1.29, 1.82) is 0 Å². The zero-order valence-electron chi connectivity index (χ0n) is 12.0. The standard InChI is InChI=1S/C15H20BrNO3/c1-15(2,3)20-14(19)9-12(17-13(18)10-16)11-7-5-4-6-8-11/h4-8,12H,9-10H2,1-3H3,(H,17,18). The summed E-state index contributed by atoms with van der Waals surface area (Å²) in [6, 6.07) is 9.01. The summed E-state index contributed by atoms with van der Waals surface area (Å²) in [6.45, 7) is 5.46. The zero-order chi connectivity index (χ0) is 15.2. The fraction of sp³-hybridized carbons (Fsp3) is 0.467. The number of ether oxygens (including phenoxy) is 1. The number of alkyl halides is 1. The third-order valence-electron chi connectivity index (χ3n) is 2.45. The molecule has 0 heterocycles. The summed E-state index contributed by atoms with van der Waals surface area (Å²) in [7, 11) is 0. The SMILES string of the molecule is CC(C)(C)OC(=O)CC(NC(=O)CBr)c1ccccc1. The summed E-state index contributed by atoms with van der Waals surface area (Å²) in [5.41, 5.74) is 0.352. The Morgan fingerprint density at radius 2 is 1.85 bits per heavy atom. The molecule has 1 rings (SSSR count). The second kappa shape index (κ2) is 7.43. The molecular weight excluding hydrogens is 322 g/mol. The van der Waals surface area contributed by atoms with Gasteiger partial charge in [-0.25, -0.2) is 0 Å². The first kappa shape index (κ1) is 16.7. The number of benzene rings is 1. The van der Waals surface area contributed by atoms with Crippen molar-refractivity contribution in [2.24, 2.45) is 0 Å². The molecule has 1 aromatic rings. The number of hydrogen-bond acceptors (Lipinski definition) is 3. The van der Waals surface area contributed by atoms with Crippen molar-refractivity contribution in [3.8, 4) is 0 Å². The highest BCUT2D eigenvalue weighted by Gasteiger charge is 2.22. The minimum Gasteiger partial charge on any atom is -0.460 e. The van der Waals surface area contributed by atoms with E-state index in [1.54, 1.807) is 0 Å². The van der Waals surface area contributed by atoms with E-state index in [2.05, 4.69) is 21.2 Å². The van der Waals surface area contributed by atoms with Gasteiger partial charge in [0.25, 0.3) is 0 Å². The van der Waals surface area contributed by atoms with Crippen LogP contribution in [0.4, 0.5) is 0 Å². The number of hydrogen-bond donors (Lipinski definition) is 1. The first-order chi connectivity index (χ1) is 9.31. The number of carbonyl (C=O) groups excluding carboxylic acids is 2. The Hall–Kier alpha value is -1.36. The highest BCUT2D eigenvalue weighted by Crippen LogP contribution is 2.19. The highest BCUT2D eigenvalue weighted by atomic mass is 79.9. The van der Waals surface area contributed by atoms with E-state index in [9.17, 15) is 9.59 Å². The minimum atomic E-state index is -0.530. The van der Waals surface area contributed by atoms with E-state index >= 15 is 0 Å². The van der Waals surface area contributed by atoms with Crippen molar-refractivity contribution in [2.45, 2.75) is 38.8 Å². The molecule has 110 valence electrons. The Kier molecular flexibility index (Phi) is 6.20. The molecule has 20 heavy (non-hydrogen) atoms. The lowest BCUT2D eigenvalue weighted by molar-refractivity contribution is -0.155. The lowest BCUT2D eigenvalue weighted by Crippen LogP contribution is -2.33. The second-order valence-corrected chi connectivity index (χ2v) is 6.02. The molecule has 0 aliphatic carbocycles. The molecule has 0 spiro atoms. The first-order valence-electron chi connectivity index (χ1n) is 6.44. The molecule has 1 N–H and O–H groups in total. The summed E-state index contributed by atoms with van der Waals surface area (Å²) in [6.07, 6.45) is 0.111. The smallest absolute Gasteiger partial charge is 0.308 e. The van der Waals surface area contributed by atoms with Gasteiger partial charge >= 0.3 is 5.97 Å². The van der Waals surface area contributed by atoms with E-state index in [4.69, 9.17) is 4.74 Å². The molecule has 0 fully saturated rings. The van der Waals surface area contributed by atoms with Gasteiger partial charge in [0, 0.05) is 0 Å². The van der Waals surface area contributed by atoms with Crippen LogP contribution in [0.15, 0.2) is 30.3 Å². The number of amides is 1. The van der Waals surface area contributed by atoms with Crippen LogP contribution in [0, 0.1) is 0 Å². The van der Waals surface area contributed by atoms with Crippen LogP contribution in [0.25, 0.3) is 0 Å². The van der Waals surface area contributed by atoms with E-state index in [0.717, 1.165) is 5.56 Å². The Labute approximate surface area is 128 Å². The van der Waals surface area contributed by atoms with Crippen LogP contribution in [0.5, 0.6) is 0 Å². The van der Waals surface area contributed by atoms with E-state index in [0.29, 0.717) is 0 Å². The molecule has 0 radical (unpaired) electrons. The lowest BCUT2D eigenvalue weighted by atomic mass is 10.0. The molecule has 0 bridgehead atoms. The number of rotatable bonds is 5. The molecule has 1 atom stereocenters. The molecule has 1 amide bonds. The number of esters is 1. The van der Waals surface area contributed by atoms with Crippen molar-refractivity contribution < 1.29 is 14.3 Å². The Morgan fingerprint density at radius 1 is 1.25 bits per heavy atom. The molecule has 4 nitrogen and oxygen atoms in total. The van der Waals surface area contributed by atoms with Crippen LogP contribution in [0.1, 0.15) is 38.8 Å². The maximum atomic E-state index is 11.9. The Bertz CT molecular complexity index is 454. The largest absolute Gasteiger partial charge is 0.460 e. The van der Waals surface area contributed by atoms with Crippen LogP contribution in [0.3, 0.4) is 0 Å². The maximum absolute atomic E-state index is 11.9. The molecular formula is C15H20BrNO3. The van der Waals surface area contributed by atoms with Gasteiger partial charge in [-0.2, -0.15) is 0 Å². The molecule has 0 saturated carbocycles. The fourth-order valence-electron chi connectivity index (χ4n) is 1.72. The van der Waals surface area contributed by atoms with Gasteiger partial charge in [0.05, 0.1) is 17.8 Å². The van der Waals surface area contributed by atoms with Crippen molar-refractivity contribution in [1.82, 2.24) is 5.32 Å². The third kappa shape index (κ3) is 6.19. The Morgan fingerprint density at radius 3 is 2.35 bits per heavy atom. The molecule has 1 unspecified atom stereocenters. The monoisotopic (exact) mass is 341 g/mol. The van der Waals surface area contributed by atoms with Crippen LogP contribution in [-0.2, 0) is 14.3 Å². The van der Waals surface area contributed by atoms with Gasteiger partial charge in [-0.05, 0) is 26.3 Å². The predicted octanol–water partition coefficient (Wildman–Crippen LogP) is 2.97. The molecule has 0 aromatic heterocycles. The van der Waals surface area contributed by atoms with Gasteiger partial charge in [-0.1, -0.05) is 46.3 Å². The third-order valence-corrected chi connectivity index (χ3v) is 2.96. The van der Waals surface area contributed by atoms with Gasteiger partial charge in [-0.15, -0.1) is 0 Å².